The summed E-state index contributed by atoms with van der Waals surface area (Å²) in [4.78, 5) is 13.1. The van der Waals surface area contributed by atoms with Crippen LogP contribution in [0.5, 0.6) is 11.5 Å². The number of phenols is 1. The molecule has 180 valence electrons. The molecule has 0 aromatic heterocycles. The van der Waals surface area contributed by atoms with E-state index >= 15 is 0 Å². The number of aliphatic hydroxyl groups is 1. The first-order valence-electron chi connectivity index (χ1n) is 10.4. The van der Waals surface area contributed by atoms with Crippen LogP contribution in [-0.2, 0) is 14.8 Å². The van der Waals surface area contributed by atoms with Gasteiger partial charge in [0.05, 0.1) is 25.2 Å². The van der Waals surface area contributed by atoms with Gasteiger partial charge in [-0.3, -0.25) is 14.8 Å². The molecule has 5 N–H and O–H groups in total. The molecule has 0 saturated carbocycles. The molecule has 0 aliphatic heterocycles. The van der Waals surface area contributed by atoms with Crippen LogP contribution in [0.1, 0.15) is 23.3 Å². The minimum absolute atomic E-state index is 0.0258. The maximum absolute atomic E-state index is 13.1. The Kier molecular flexibility index (Phi) is 8.11. The summed E-state index contributed by atoms with van der Waals surface area (Å²) < 4.78 is 30.4. The van der Waals surface area contributed by atoms with Gasteiger partial charge in [-0.2, -0.15) is 0 Å². The Hall–Kier alpha value is -3.60. The molecule has 0 saturated heterocycles. The van der Waals surface area contributed by atoms with Crippen LogP contribution in [0.2, 0.25) is 0 Å². The molecular weight excluding hydrogens is 458 g/mol. The molecule has 1 amide bonds. The number of carbonyl (C=O) groups excluding carboxylic acids is 1. The number of amides is 1. The molecule has 0 unspecified atom stereocenters. The summed E-state index contributed by atoms with van der Waals surface area (Å²) >= 11 is 0. The first-order chi connectivity index (χ1) is 16.2. The van der Waals surface area contributed by atoms with Crippen LogP contribution >= 0.6 is 0 Å². The van der Waals surface area contributed by atoms with E-state index in [0.717, 1.165) is 6.26 Å². The third-order valence-electron chi connectivity index (χ3n) is 4.97. The molecule has 0 aliphatic carbocycles. The largest absolute Gasteiger partial charge is 0.506 e. The van der Waals surface area contributed by atoms with Gasteiger partial charge in [0.2, 0.25) is 15.9 Å². The van der Waals surface area contributed by atoms with Gasteiger partial charge in [0.1, 0.15) is 17.5 Å². The van der Waals surface area contributed by atoms with Crippen molar-refractivity contribution in [3.05, 3.63) is 83.9 Å². The van der Waals surface area contributed by atoms with Crippen molar-refractivity contribution in [3.63, 3.8) is 0 Å². The normalized spacial score (nSPS) is 13.0. The van der Waals surface area contributed by atoms with Crippen molar-refractivity contribution in [2.75, 3.05) is 29.9 Å². The molecule has 3 aromatic rings. The van der Waals surface area contributed by atoms with E-state index in [9.17, 15) is 23.4 Å². The van der Waals surface area contributed by atoms with Crippen LogP contribution in [0, 0.1) is 0 Å². The van der Waals surface area contributed by atoms with Crippen molar-refractivity contribution in [1.29, 1.82) is 0 Å². The predicted octanol–water partition coefficient (Wildman–Crippen LogP) is 2.78. The molecule has 0 radical (unpaired) electrons. The van der Waals surface area contributed by atoms with Crippen molar-refractivity contribution >= 4 is 27.3 Å². The number of aromatic hydroxyl groups is 1. The van der Waals surface area contributed by atoms with Crippen LogP contribution in [0.3, 0.4) is 0 Å². The summed E-state index contributed by atoms with van der Waals surface area (Å²) in [6.07, 6.45) is -0.131. The number of anilines is 2. The second-order valence-corrected chi connectivity index (χ2v) is 9.38. The van der Waals surface area contributed by atoms with E-state index < -0.39 is 22.2 Å². The Labute approximate surface area is 198 Å². The number of hydrogen-bond donors (Lipinski definition) is 5. The van der Waals surface area contributed by atoms with Crippen molar-refractivity contribution in [2.24, 2.45) is 0 Å². The number of nitrogens with one attached hydrogen (secondary N) is 3. The van der Waals surface area contributed by atoms with E-state index in [2.05, 4.69) is 15.4 Å². The lowest BCUT2D eigenvalue weighted by Crippen LogP contribution is -2.35. The lowest BCUT2D eigenvalue weighted by atomic mass is 10.0. The van der Waals surface area contributed by atoms with Gasteiger partial charge in [-0.15, -0.1) is 0 Å². The Morgan fingerprint density at radius 3 is 2.26 bits per heavy atom. The lowest BCUT2D eigenvalue weighted by molar-refractivity contribution is -0.118. The summed E-state index contributed by atoms with van der Waals surface area (Å²) in [5.74, 6) is 0.0439. The summed E-state index contributed by atoms with van der Waals surface area (Å²) in [5, 5.41) is 26.5. The van der Waals surface area contributed by atoms with Crippen molar-refractivity contribution < 1.29 is 28.2 Å². The second kappa shape index (κ2) is 11.0. The number of sulfonamides is 1. The van der Waals surface area contributed by atoms with Crippen LogP contribution in [-0.4, -0.2) is 44.4 Å². The van der Waals surface area contributed by atoms with Crippen LogP contribution in [0.4, 0.5) is 11.4 Å². The first-order valence-corrected chi connectivity index (χ1v) is 12.3. The van der Waals surface area contributed by atoms with Gasteiger partial charge in [0.15, 0.2) is 0 Å². The zero-order valence-corrected chi connectivity index (χ0v) is 19.5. The highest BCUT2D eigenvalue weighted by Crippen LogP contribution is 2.28. The van der Waals surface area contributed by atoms with Crippen LogP contribution in [0.15, 0.2) is 72.8 Å². The SMILES string of the molecule is COc1ccc([C@@H](NC[C@@H](O)c2ccc(O)c(NS(C)(=O)=O)c2)C(=O)Nc2ccccc2)cc1. The zero-order chi connectivity index (χ0) is 24.7. The molecule has 3 rings (SSSR count). The minimum Gasteiger partial charge on any atom is -0.506 e. The number of benzene rings is 3. The van der Waals surface area contributed by atoms with Gasteiger partial charge in [-0.05, 0) is 47.5 Å². The Morgan fingerprint density at radius 2 is 1.65 bits per heavy atom. The Balaban J connectivity index is 1.79. The smallest absolute Gasteiger partial charge is 0.246 e. The Bertz CT molecular complexity index is 1220. The lowest BCUT2D eigenvalue weighted by Gasteiger charge is -2.22. The van der Waals surface area contributed by atoms with Gasteiger partial charge >= 0.3 is 0 Å². The molecule has 9 nitrogen and oxygen atoms in total. The highest BCUT2D eigenvalue weighted by molar-refractivity contribution is 7.92. The number of rotatable bonds is 10. The van der Waals surface area contributed by atoms with Crippen molar-refractivity contribution in [3.8, 4) is 11.5 Å². The summed E-state index contributed by atoms with van der Waals surface area (Å²) in [6, 6.07) is 19.3. The van der Waals surface area contributed by atoms with Crippen molar-refractivity contribution in [2.45, 2.75) is 12.1 Å². The molecule has 0 spiro atoms. The molecule has 10 heteroatoms. The summed E-state index contributed by atoms with van der Waals surface area (Å²) in [6.45, 7) is -0.0258. The number of aliphatic hydroxyl groups excluding tert-OH is 1. The fourth-order valence-corrected chi connectivity index (χ4v) is 3.85. The quantitative estimate of drug-likeness (QED) is 0.279. The zero-order valence-electron chi connectivity index (χ0n) is 18.7. The molecule has 2 atom stereocenters. The van der Waals surface area contributed by atoms with Gasteiger partial charge < -0.3 is 20.3 Å². The van der Waals surface area contributed by atoms with E-state index in [-0.39, 0.29) is 23.9 Å². The van der Waals surface area contributed by atoms with E-state index in [0.29, 0.717) is 22.6 Å². The molecule has 0 heterocycles. The molecule has 0 bridgehead atoms. The van der Waals surface area contributed by atoms with Gasteiger partial charge in [-0.25, -0.2) is 8.42 Å². The second-order valence-electron chi connectivity index (χ2n) is 7.64. The topological polar surface area (TPSA) is 137 Å². The monoisotopic (exact) mass is 485 g/mol. The highest BCUT2D eigenvalue weighted by atomic mass is 32.2. The summed E-state index contributed by atoms with van der Waals surface area (Å²) in [7, 11) is -2.07. The van der Waals surface area contributed by atoms with E-state index in [1.54, 1.807) is 43.5 Å². The maximum Gasteiger partial charge on any atom is 0.246 e. The molecule has 0 fully saturated rings. The number of para-hydroxylation sites is 1. The molecule has 34 heavy (non-hydrogen) atoms. The fraction of sp³-hybridized carbons (Fsp3) is 0.208. The average molecular weight is 486 g/mol. The number of phenolic OH excluding ortho intramolecular Hbond substituents is 1. The van der Waals surface area contributed by atoms with E-state index in [1.165, 1.54) is 18.2 Å². The highest BCUT2D eigenvalue weighted by Gasteiger charge is 2.22. The van der Waals surface area contributed by atoms with Crippen LogP contribution < -0.4 is 20.1 Å². The van der Waals surface area contributed by atoms with Gasteiger partial charge in [0, 0.05) is 12.2 Å². The van der Waals surface area contributed by atoms with E-state index in [1.807, 2.05) is 18.2 Å². The molecule has 0 aliphatic rings. The first kappa shape index (κ1) is 25.0. The number of carbonyl (C=O) groups is 1. The third-order valence-corrected chi connectivity index (χ3v) is 5.56. The Morgan fingerprint density at radius 1 is 1.00 bits per heavy atom. The van der Waals surface area contributed by atoms with Gasteiger partial charge in [0.25, 0.3) is 0 Å². The predicted molar refractivity (Wildman–Crippen MR) is 130 cm³/mol. The molecule has 3 aromatic carbocycles. The number of ether oxygens (including phenoxy) is 1. The third kappa shape index (κ3) is 6.95. The minimum atomic E-state index is -3.62. The summed E-state index contributed by atoms with van der Waals surface area (Å²) in [5.41, 5.74) is 1.59. The molecular formula is C24H27N3O6S. The maximum atomic E-state index is 13.1. The van der Waals surface area contributed by atoms with Crippen LogP contribution in [0.25, 0.3) is 0 Å². The standard InChI is InChI=1S/C24H27N3O6S/c1-33-19-11-8-16(9-12-19)23(24(30)26-18-6-4-3-5-7-18)25-15-22(29)17-10-13-21(28)20(14-17)27-34(2,31)32/h3-14,22-23,25,27-29H,15H2,1-2H3,(H,26,30)/t22-,23-/m1/s1. The van der Waals surface area contributed by atoms with E-state index in [4.69, 9.17) is 4.74 Å². The van der Waals surface area contributed by atoms with Gasteiger partial charge in [-0.1, -0.05) is 36.4 Å². The fourth-order valence-electron chi connectivity index (χ4n) is 3.28. The average Bonchev–Trinajstić information content (AvgIpc) is 2.80. The number of methoxy groups -OCH3 is 1. The number of hydrogen-bond acceptors (Lipinski definition) is 7. The van der Waals surface area contributed by atoms with Crippen molar-refractivity contribution in [1.82, 2.24) is 5.32 Å².